The van der Waals surface area contributed by atoms with Gasteiger partial charge in [0.05, 0.1) is 35.2 Å². The van der Waals surface area contributed by atoms with E-state index in [1.54, 1.807) is 21.9 Å². The minimum atomic E-state index is -3.99. The summed E-state index contributed by atoms with van der Waals surface area (Å²) in [7, 11) is -2.69. The Morgan fingerprint density at radius 2 is 1.83 bits per heavy atom. The number of alkyl carbamates (subject to hydrolysis) is 1. The Morgan fingerprint density at radius 1 is 1.07 bits per heavy atom. The number of carbonyl (C=O) groups excluding carboxylic acids is 2. The summed E-state index contributed by atoms with van der Waals surface area (Å²) in [6.07, 6.45) is 4.66. The maximum atomic E-state index is 15.6. The highest BCUT2D eigenvalue weighted by atomic mass is 32.2. The predicted octanol–water partition coefficient (Wildman–Crippen LogP) is 4.15. The van der Waals surface area contributed by atoms with Gasteiger partial charge < -0.3 is 24.8 Å². The molecule has 1 saturated carbocycles. The van der Waals surface area contributed by atoms with Crippen molar-refractivity contribution in [1.82, 2.24) is 19.4 Å². The van der Waals surface area contributed by atoms with Crippen LogP contribution in [0.3, 0.4) is 0 Å². The van der Waals surface area contributed by atoms with Crippen molar-refractivity contribution in [2.75, 3.05) is 57.8 Å². The molecule has 0 spiro atoms. The summed E-state index contributed by atoms with van der Waals surface area (Å²) in [5.41, 5.74) is -0.990. The molecule has 2 amide bonds. The number of hydrogen-bond donors (Lipinski definition) is 1. The summed E-state index contributed by atoms with van der Waals surface area (Å²) in [6, 6.07) is 14.3. The molecular formula is C39H45F2N7O5S. The lowest BCUT2D eigenvalue weighted by Gasteiger charge is -2.51. The van der Waals surface area contributed by atoms with Crippen LogP contribution in [0, 0.1) is 51.5 Å². The molecule has 4 heterocycles. The van der Waals surface area contributed by atoms with Crippen LogP contribution in [0.2, 0.25) is 0 Å². The third-order valence-corrected chi connectivity index (χ3v) is 14.5. The number of likely N-dealkylation sites (tertiary alicyclic amines) is 2. The fraction of sp³-hybridized carbons (Fsp3) is 0.538. The molecule has 5 atom stereocenters. The number of fused-ring (bicyclic) bond motifs is 2. The lowest BCUT2D eigenvalue weighted by atomic mass is 9.59. The molecular weight excluding hydrogens is 717 g/mol. The van der Waals surface area contributed by atoms with Crippen LogP contribution in [0.1, 0.15) is 44.1 Å². The second-order valence-electron chi connectivity index (χ2n) is 15.5. The lowest BCUT2D eigenvalue weighted by molar-refractivity contribution is -0.127. The number of piperidine rings is 1. The molecule has 15 heteroatoms. The molecule has 286 valence electrons. The topological polar surface area (TPSA) is 150 Å². The zero-order chi connectivity index (χ0) is 38.4. The zero-order valence-electron chi connectivity index (χ0n) is 30.3. The standard InChI is InChI=1S/C39H45F2N7O5S/c1-3-36(49)47-19-30-17-29(47)20-48(30)54(51,52)31-10-11-35(33(41)18-31)46-24-38(21-42,25-46)23-45-14-12-26(13-15-45)39(22-43,27-6-4-7-28(40)16-27)32-8-5-9-34(32)44-37(50)53-2/h3-4,6-7,10-11,16,18,26,29-30,32,34H,1,5,8-9,12-15,17,19-20,23-25H2,2H3,(H,44,50)/t29-,30-,32-,34-,39-/m0/s1. The number of benzene rings is 2. The Balaban J connectivity index is 1.00. The summed E-state index contributed by atoms with van der Waals surface area (Å²) in [4.78, 5) is 29.8. The summed E-state index contributed by atoms with van der Waals surface area (Å²) in [6.45, 7) is 6.14. The van der Waals surface area contributed by atoms with Gasteiger partial charge in [0.2, 0.25) is 15.9 Å². The molecule has 4 aliphatic heterocycles. The van der Waals surface area contributed by atoms with E-state index in [2.05, 4.69) is 28.9 Å². The number of halogens is 2. The van der Waals surface area contributed by atoms with Crippen molar-refractivity contribution in [2.24, 2.45) is 17.3 Å². The highest BCUT2D eigenvalue weighted by Gasteiger charge is 2.54. The zero-order valence-corrected chi connectivity index (χ0v) is 31.1. The van der Waals surface area contributed by atoms with E-state index >= 15 is 4.39 Å². The maximum absolute atomic E-state index is 15.6. The highest BCUT2D eigenvalue weighted by Crippen LogP contribution is 2.50. The van der Waals surface area contributed by atoms with Crippen LogP contribution in [-0.4, -0.2) is 106 Å². The van der Waals surface area contributed by atoms with E-state index in [-0.39, 0.29) is 72.6 Å². The number of ether oxygens (including phenoxy) is 1. The van der Waals surface area contributed by atoms with Gasteiger partial charge in [-0.05, 0) is 93.1 Å². The van der Waals surface area contributed by atoms with Crippen LogP contribution < -0.4 is 10.2 Å². The summed E-state index contributed by atoms with van der Waals surface area (Å²) in [5, 5.41) is 24.2. The van der Waals surface area contributed by atoms with Crippen molar-refractivity contribution in [3.8, 4) is 12.1 Å². The first-order chi connectivity index (χ1) is 25.9. The van der Waals surface area contributed by atoms with Gasteiger partial charge in [0.1, 0.15) is 17.0 Å². The first kappa shape index (κ1) is 37.7. The van der Waals surface area contributed by atoms with Crippen molar-refractivity contribution in [3.05, 3.63) is 72.3 Å². The lowest BCUT2D eigenvalue weighted by Crippen LogP contribution is -2.61. The molecule has 1 N–H and O–H groups in total. The van der Waals surface area contributed by atoms with Gasteiger partial charge in [-0.1, -0.05) is 25.1 Å². The average Bonchev–Trinajstić information content (AvgIpc) is 3.92. The Morgan fingerprint density at radius 3 is 2.44 bits per heavy atom. The van der Waals surface area contributed by atoms with Gasteiger partial charge in [0.15, 0.2) is 0 Å². The number of nitriles is 2. The fourth-order valence-corrected chi connectivity index (χ4v) is 11.7. The van der Waals surface area contributed by atoms with Crippen molar-refractivity contribution in [3.63, 3.8) is 0 Å². The summed E-state index contributed by atoms with van der Waals surface area (Å²) < 4.78 is 63.5. The molecule has 2 aromatic rings. The third-order valence-electron chi connectivity index (χ3n) is 12.6. The van der Waals surface area contributed by atoms with Gasteiger partial charge in [-0.25, -0.2) is 22.0 Å². The minimum absolute atomic E-state index is 0.130. The van der Waals surface area contributed by atoms with Crippen LogP contribution in [0.25, 0.3) is 0 Å². The smallest absolute Gasteiger partial charge is 0.407 e. The van der Waals surface area contributed by atoms with Crippen LogP contribution >= 0.6 is 0 Å². The van der Waals surface area contributed by atoms with E-state index in [1.807, 2.05) is 0 Å². The van der Waals surface area contributed by atoms with E-state index in [4.69, 9.17) is 4.74 Å². The molecule has 1 aliphatic carbocycles. The van der Waals surface area contributed by atoms with Gasteiger partial charge in [-0.2, -0.15) is 14.8 Å². The number of nitrogens with one attached hydrogen (secondary N) is 1. The first-order valence-corrected chi connectivity index (χ1v) is 20.0. The van der Waals surface area contributed by atoms with Crippen molar-refractivity contribution in [2.45, 2.75) is 67.0 Å². The molecule has 54 heavy (non-hydrogen) atoms. The van der Waals surface area contributed by atoms with Gasteiger partial charge in [0.25, 0.3) is 0 Å². The van der Waals surface area contributed by atoms with E-state index in [1.165, 1.54) is 41.8 Å². The Kier molecular flexibility index (Phi) is 10.2. The largest absolute Gasteiger partial charge is 0.453 e. The molecule has 2 aromatic carbocycles. The number of sulfonamides is 1. The fourth-order valence-electron chi connectivity index (χ4n) is 10.0. The highest BCUT2D eigenvalue weighted by molar-refractivity contribution is 7.89. The Hall–Kier alpha value is -4.57. The van der Waals surface area contributed by atoms with E-state index in [9.17, 15) is 32.9 Å². The third kappa shape index (κ3) is 6.50. The number of amides is 2. The maximum Gasteiger partial charge on any atom is 0.407 e. The number of carbonyl (C=O) groups is 2. The quantitative estimate of drug-likeness (QED) is 0.353. The average molecular weight is 762 g/mol. The number of rotatable bonds is 10. The van der Waals surface area contributed by atoms with E-state index in [0.29, 0.717) is 57.3 Å². The van der Waals surface area contributed by atoms with E-state index < -0.39 is 38.6 Å². The van der Waals surface area contributed by atoms with Crippen LogP contribution in [0.15, 0.2) is 60.0 Å². The van der Waals surface area contributed by atoms with Gasteiger partial charge in [-0.3, -0.25) is 4.79 Å². The molecule has 5 fully saturated rings. The van der Waals surface area contributed by atoms with Crippen LogP contribution in [0.5, 0.6) is 0 Å². The summed E-state index contributed by atoms with van der Waals surface area (Å²) in [5.74, 6) is -1.71. The molecule has 12 nitrogen and oxygen atoms in total. The van der Waals surface area contributed by atoms with E-state index in [0.717, 1.165) is 12.5 Å². The molecule has 7 rings (SSSR count). The van der Waals surface area contributed by atoms with Crippen molar-refractivity contribution >= 4 is 27.7 Å². The SMILES string of the molecule is C=CC(=O)N1C[C@@H]2C[C@H]1CN2S(=O)(=O)c1ccc(N2CC(C#N)(CN3CCC([C@@](C#N)(c4cccc(F)c4)[C@H]4CCC[C@@H]4NC(=O)OC)CC3)C2)c(F)c1. The van der Waals surface area contributed by atoms with Crippen LogP contribution in [0.4, 0.5) is 19.3 Å². The molecule has 0 unspecified atom stereocenters. The number of anilines is 1. The summed E-state index contributed by atoms with van der Waals surface area (Å²) >= 11 is 0. The second-order valence-corrected chi connectivity index (χ2v) is 17.4. The number of piperazine rings is 1. The number of nitrogens with zero attached hydrogens (tertiary/aromatic N) is 6. The molecule has 0 aromatic heterocycles. The second kappa shape index (κ2) is 14.6. The molecule has 0 radical (unpaired) electrons. The van der Waals surface area contributed by atoms with Gasteiger partial charge in [0, 0.05) is 56.8 Å². The monoisotopic (exact) mass is 761 g/mol. The molecule has 5 aliphatic rings. The number of methoxy groups -OCH3 is 1. The van der Waals surface area contributed by atoms with Gasteiger partial charge in [-0.15, -0.1) is 0 Å². The number of hydrogen-bond acceptors (Lipinski definition) is 9. The van der Waals surface area contributed by atoms with Crippen molar-refractivity contribution in [1.29, 1.82) is 10.5 Å². The van der Waals surface area contributed by atoms with Crippen LogP contribution in [-0.2, 0) is 25.0 Å². The molecule has 4 saturated heterocycles. The Bertz CT molecular complexity index is 2010. The molecule has 2 bridgehead atoms. The minimum Gasteiger partial charge on any atom is -0.453 e. The van der Waals surface area contributed by atoms with Crippen molar-refractivity contribution < 1.29 is 31.5 Å². The normalized spacial score (nSPS) is 26.7. The first-order valence-electron chi connectivity index (χ1n) is 18.5. The Labute approximate surface area is 315 Å². The van der Waals surface area contributed by atoms with Gasteiger partial charge >= 0.3 is 6.09 Å². The predicted molar refractivity (Wildman–Crippen MR) is 194 cm³/mol.